The molecule has 1 saturated carbocycles. The molecule has 1 heterocycles. The molecule has 4 heteroatoms. The van der Waals surface area contributed by atoms with Crippen LogP contribution in [-0.2, 0) is 4.74 Å². The van der Waals surface area contributed by atoms with Crippen molar-refractivity contribution in [3.8, 4) is 0 Å². The zero-order valence-electron chi connectivity index (χ0n) is 12.9. The minimum absolute atomic E-state index is 0.0826. The average Bonchev–Trinajstić information content (AvgIpc) is 3.18. The van der Waals surface area contributed by atoms with Crippen molar-refractivity contribution in [1.82, 2.24) is 4.90 Å². The lowest BCUT2D eigenvalue weighted by atomic mass is 9.99. The molecule has 1 aromatic rings. The van der Waals surface area contributed by atoms with E-state index in [4.69, 9.17) is 14.9 Å². The Morgan fingerprint density at radius 1 is 1.50 bits per heavy atom. The van der Waals surface area contributed by atoms with Gasteiger partial charge in [-0.2, -0.15) is 0 Å². The van der Waals surface area contributed by atoms with Gasteiger partial charge in [-0.1, -0.05) is 6.92 Å². The van der Waals surface area contributed by atoms with Crippen LogP contribution in [0.5, 0.6) is 0 Å². The minimum Gasteiger partial charge on any atom is -0.468 e. The van der Waals surface area contributed by atoms with Crippen molar-refractivity contribution in [2.75, 3.05) is 20.3 Å². The van der Waals surface area contributed by atoms with E-state index in [1.165, 1.54) is 12.8 Å². The van der Waals surface area contributed by atoms with Crippen LogP contribution in [-0.4, -0.2) is 37.2 Å². The van der Waals surface area contributed by atoms with Crippen molar-refractivity contribution in [1.29, 1.82) is 0 Å². The van der Waals surface area contributed by atoms with Gasteiger partial charge in [-0.15, -0.1) is 0 Å². The number of nitrogens with two attached hydrogens (primary N) is 1. The minimum atomic E-state index is 0.0826. The Morgan fingerprint density at radius 3 is 2.75 bits per heavy atom. The van der Waals surface area contributed by atoms with Gasteiger partial charge in [0.25, 0.3) is 0 Å². The monoisotopic (exact) mass is 280 g/mol. The number of hydrogen-bond donors (Lipinski definition) is 1. The van der Waals surface area contributed by atoms with Gasteiger partial charge in [0.15, 0.2) is 0 Å². The molecular formula is C16H28N2O2. The predicted octanol–water partition coefficient (Wildman–Crippen LogP) is 2.80. The molecule has 1 aromatic heterocycles. The van der Waals surface area contributed by atoms with Crippen LogP contribution in [0.2, 0.25) is 0 Å². The number of rotatable bonds is 9. The summed E-state index contributed by atoms with van der Waals surface area (Å²) >= 11 is 0. The summed E-state index contributed by atoms with van der Waals surface area (Å²) in [6.45, 7) is 6.07. The van der Waals surface area contributed by atoms with Gasteiger partial charge in [-0.05, 0) is 44.2 Å². The predicted molar refractivity (Wildman–Crippen MR) is 80.5 cm³/mol. The standard InChI is InChI=1S/C16H28N2O2/c1-4-14(17)16(15-6-5-10-20-15)18(9-11-19-3)12(2)13-7-8-13/h5-6,10,12-14,16H,4,7-9,11,17H2,1-3H3. The first-order chi connectivity index (χ1) is 9.69. The van der Waals surface area contributed by atoms with Crippen molar-refractivity contribution in [3.63, 3.8) is 0 Å². The largest absolute Gasteiger partial charge is 0.468 e. The molecule has 4 nitrogen and oxygen atoms in total. The van der Waals surface area contributed by atoms with Crippen LogP contribution in [0.4, 0.5) is 0 Å². The second-order valence-corrected chi connectivity index (χ2v) is 5.84. The summed E-state index contributed by atoms with van der Waals surface area (Å²) < 4.78 is 11.0. The number of furan rings is 1. The van der Waals surface area contributed by atoms with E-state index in [0.717, 1.165) is 31.3 Å². The van der Waals surface area contributed by atoms with Crippen LogP contribution in [0, 0.1) is 5.92 Å². The highest BCUT2D eigenvalue weighted by Gasteiger charge is 2.38. The van der Waals surface area contributed by atoms with Crippen molar-refractivity contribution >= 4 is 0 Å². The summed E-state index contributed by atoms with van der Waals surface area (Å²) in [6, 6.07) is 4.73. The first-order valence-corrected chi connectivity index (χ1v) is 7.72. The number of methoxy groups -OCH3 is 1. The van der Waals surface area contributed by atoms with E-state index in [-0.39, 0.29) is 12.1 Å². The van der Waals surface area contributed by atoms with Crippen molar-refractivity contribution < 1.29 is 9.15 Å². The van der Waals surface area contributed by atoms with Gasteiger partial charge in [0.1, 0.15) is 5.76 Å². The van der Waals surface area contributed by atoms with Gasteiger partial charge < -0.3 is 14.9 Å². The Labute approximate surface area is 122 Å². The summed E-state index contributed by atoms with van der Waals surface area (Å²) in [7, 11) is 1.75. The average molecular weight is 280 g/mol. The van der Waals surface area contributed by atoms with Crippen LogP contribution in [0.25, 0.3) is 0 Å². The van der Waals surface area contributed by atoms with Gasteiger partial charge in [0.05, 0.1) is 18.9 Å². The Kier molecular flexibility index (Phi) is 5.64. The molecule has 0 saturated heterocycles. The van der Waals surface area contributed by atoms with Crippen molar-refractivity contribution in [2.45, 2.75) is 51.2 Å². The molecule has 0 amide bonds. The van der Waals surface area contributed by atoms with E-state index < -0.39 is 0 Å². The fraction of sp³-hybridized carbons (Fsp3) is 0.750. The van der Waals surface area contributed by atoms with E-state index in [0.29, 0.717) is 6.04 Å². The van der Waals surface area contributed by atoms with Crippen LogP contribution in [0.3, 0.4) is 0 Å². The lowest BCUT2D eigenvalue weighted by Crippen LogP contribution is -2.47. The quantitative estimate of drug-likeness (QED) is 0.755. The molecule has 0 aromatic carbocycles. The fourth-order valence-electron chi connectivity index (χ4n) is 2.95. The molecule has 2 N–H and O–H groups in total. The van der Waals surface area contributed by atoms with Crippen LogP contribution in [0.1, 0.15) is 44.9 Å². The second-order valence-electron chi connectivity index (χ2n) is 5.84. The lowest BCUT2D eigenvalue weighted by molar-refractivity contribution is 0.0592. The number of nitrogens with zero attached hydrogens (tertiary/aromatic N) is 1. The SMILES string of the molecule is CCC(N)C(c1ccco1)N(CCOC)C(C)C1CC1. The summed E-state index contributed by atoms with van der Waals surface area (Å²) in [5.74, 6) is 1.77. The normalized spacial score (nSPS) is 20.1. The van der Waals surface area contributed by atoms with Crippen molar-refractivity contribution in [2.24, 2.45) is 11.7 Å². The van der Waals surface area contributed by atoms with Gasteiger partial charge in [-0.25, -0.2) is 0 Å². The first-order valence-electron chi connectivity index (χ1n) is 7.72. The molecule has 20 heavy (non-hydrogen) atoms. The Hall–Kier alpha value is -0.840. The number of ether oxygens (including phenoxy) is 1. The maximum atomic E-state index is 6.40. The highest BCUT2D eigenvalue weighted by molar-refractivity contribution is 5.09. The molecule has 0 spiro atoms. The van der Waals surface area contributed by atoms with Gasteiger partial charge >= 0.3 is 0 Å². The molecule has 0 bridgehead atoms. The molecule has 1 aliphatic carbocycles. The molecule has 0 radical (unpaired) electrons. The summed E-state index contributed by atoms with van der Waals surface area (Å²) in [5.41, 5.74) is 6.40. The van der Waals surface area contributed by atoms with Crippen LogP contribution < -0.4 is 5.73 Å². The highest BCUT2D eigenvalue weighted by atomic mass is 16.5. The maximum Gasteiger partial charge on any atom is 0.122 e. The van der Waals surface area contributed by atoms with Gasteiger partial charge in [0.2, 0.25) is 0 Å². The Morgan fingerprint density at radius 2 is 2.25 bits per heavy atom. The van der Waals surface area contributed by atoms with Crippen molar-refractivity contribution in [3.05, 3.63) is 24.2 Å². The summed E-state index contributed by atoms with van der Waals surface area (Å²) in [6.07, 6.45) is 5.33. The zero-order chi connectivity index (χ0) is 14.5. The van der Waals surface area contributed by atoms with Crippen LogP contribution in [0.15, 0.2) is 22.8 Å². The molecule has 1 aliphatic rings. The topological polar surface area (TPSA) is 51.6 Å². The highest BCUT2D eigenvalue weighted by Crippen LogP contribution is 2.39. The molecule has 3 unspecified atom stereocenters. The van der Waals surface area contributed by atoms with E-state index in [9.17, 15) is 0 Å². The molecule has 3 atom stereocenters. The third-order valence-corrected chi connectivity index (χ3v) is 4.45. The lowest BCUT2D eigenvalue weighted by Gasteiger charge is -2.38. The van der Waals surface area contributed by atoms with E-state index in [2.05, 4.69) is 18.7 Å². The van der Waals surface area contributed by atoms with Gasteiger partial charge in [0, 0.05) is 25.7 Å². The van der Waals surface area contributed by atoms with Crippen LogP contribution >= 0.6 is 0 Å². The van der Waals surface area contributed by atoms with E-state index in [1.54, 1.807) is 13.4 Å². The maximum absolute atomic E-state index is 6.40. The molecular weight excluding hydrogens is 252 g/mol. The third kappa shape index (κ3) is 3.62. The molecule has 114 valence electrons. The fourth-order valence-corrected chi connectivity index (χ4v) is 2.95. The third-order valence-electron chi connectivity index (χ3n) is 4.45. The Bertz CT molecular complexity index is 376. The molecule has 2 rings (SSSR count). The van der Waals surface area contributed by atoms with Gasteiger partial charge in [-0.3, -0.25) is 4.90 Å². The zero-order valence-corrected chi connectivity index (χ0v) is 12.9. The van der Waals surface area contributed by atoms with E-state index in [1.807, 2.05) is 12.1 Å². The Balaban J connectivity index is 2.19. The number of hydrogen-bond acceptors (Lipinski definition) is 4. The molecule has 1 fully saturated rings. The first kappa shape index (κ1) is 15.5. The summed E-state index contributed by atoms with van der Waals surface area (Å²) in [5, 5.41) is 0. The second kappa shape index (κ2) is 7.25. The summed E-state index contributed by atoms with van der Waals surface area (Å²) in [4.78, 5) is 2.48. The molecule has 0 aliphatic heterocycles. The smallest absolute Gasteiger partial charge is 0.122 e. The van der Waals surface area contributed by atoms with E-state index >= 15 is 0 Å².